The van der Waals surface area contributed by atoms with Crippen LogP contribution in [-0.2, 0) is 6.42 Å². The third-order valence-electron chi connectivity index (χ3n) is 3.67. The molecule has 3 rings (SSSR count). The minimum absolute atomic E-state index is 0.513. The highest BCUT2D eigenvalue weighted by Gasteiger charge is 2.21. The lowest BCUT2D eigenvalue weighted by Gasteiger charge is -2.37. The smallest absolute Gasteiger partial charge is 0.0605 e. The van der Waals surface area contributed by atoms with Gasteiger partial charge in [-0.1, -0.05) is 18.2 Å². The van der Waals surface area contributed by atoms with E-state index in [0.29, 0.717) is 6.04 Å². The molecule has 1 atom stereocenters. The Morgan fingerprint density at radius 1 is 1.21 bits per heavy atom. The van der Waals surface area contributed by atoms with Crippen molar-refractivity contribution < 1.29 is 0 Å². The van der Waals surface area contributed by atoms with Crippen molar-refractivity contribution in [1.82, 2.24) is 4.98 Å². The summed E-state index contributed by atoms with van der Waals surface area (Å²) < 4.78 is 0. The molecule has 1 aromatic heterocycles. The zero-order valence-electron chi connectivity index (χ0n) is 11.2. The maximum absolute atomic E-state index is 4.40. The molecule has 0 aliphatic carbocycles. The van der Waals surface area contributed by atoms with Crippen LogP contribution in [0.2, 0.25) is 0 Å². The predicted octanol–water partition coefficient (Wildman–Crippen LogP) is 2.94. The van der Waals surface area contributed by atoms with Crippen LogP contribution in [0.25, 0.3) is 0 Å². The van der Waals surface area contributed by atoms with Gasteiger partial charge in [0.05, 0.1) is 11.4 Å². The van der Waals surface area contributed by atoms with Crippen LogP contribution in [0.4, 0.5) is 11.4 Å². The highest BCUT2D eigenvalue weighted by atomic mass is 15.2. The van der Waals surface area contributed by atoms with Crippen molar-refractivity contribution in [3.8, 4) is 0 Å². The monoisotopic (exact) mass is 253 g/mol. The molecule has 0 saturated heterocycles. The van der Waals surface area contributed by atoms with E-state index in [9.17, 15) is 0 Å². The standard InChI is InChI=1S/C16H19N3/c1-13-12-18-15-7-2-3-8-16(15)19(13)11-9-14-6-4-5-10-17-14/h2-8,10,13,18H,9,11-12H2,1H3. The van der Waals surface area contributed by atoms with Crippen LogP contribution in [0.15, 0.2) is 48.7 Å². The van der Waals surface area contributed by atoms with Crippen molar-refractivity contribution in [2.75, 3.05) is 23.3 Å². The maximum Gasteiger partial charge on any atom is 0.0605 e. The number of nitrogens with zero attached hydrogens (tertiary/aromatic N) is 2. The lowest BCUT2D eigenvalue weighted by molar-refractivity contribution is 0.637. The van der Waals surface area contributed by atoms with Crippen molar-refractivity contribution in [2.45, 2.75) is 19.4 Å². The molecule has 1 N–H and O–H groups in total. The van der Waals surface area contributed by atoms with Gasteiger partial charge in [-0.15, -0.1) is 0 Å². The van der Waals surface area contributed by atoms with Crippen LogP contribution < -0.4 is 10.2 Å². The van der Waals surface area contributed by atoms with Crippen LogP contribution in [-0.4, -0.2) is 24.1 Å². The van der Waals surface area contributed by atoms with Gasteiger partial charge in [-0.3, -0.25) is 4.98 Å². The molecule has 98 valence electrons. The Morgan fingerprint density at radius 3 is 2.89 bits per heavy atom. The Bertz CT molecular complexity index is 539. The van der Waals surface area contributed by atoms with E-state index in [1.807, 2.05) is 12.3 Å². The summed E-state index contributed by atoms with van der Waals surface area (Å²) in [5.41, 5.74) is 3.70. The van der Waals surface area contributed by atoms with Crippen molar-refractivity contribution >= 4 is 11.4 Å². The average molecular weight is 253 g/mol. The molecule has 0 fully saturated rings. The molecule has 0 saturated carbocycles. The summed E-state index contributed by atoms with van der Waals surface area (Å²) in [5, 5.41) is 3.48. The van der Waals surface area contributed by atoms with Crippen LogP contribution in [0.3, 0.4) is 0 Å². The average Bonchev–Trinajstić information content (AvgIpc) is 2.47. The van der Waals surface area contributed by atoms with E-state index in [4.69, 9.17) is 0 Å². The normalized spacial score (nSPS) is 17.7. The van der Waals surface area contributed by atoms with Crippen molar-refractivity contribution in [2.24, 2.45) is 0 Å². The molecule has 1 aliphatic heterocycles. The molecule has 0 radical (unpaired) electrons. The Morgan fingerprint density at radius 2 is 2.05 bits per heavy atom. The van der Waals surface area contributed by atoms with E-state index in [2.05, 4.69) is 58.5 Å². The van der Waals surface area contributed by atoms with Crippen LogP contribution in [0.5, 0.6) is 0 Å². The lowest BCUT2D eigenvalue weighted by atomic mass is 10.1. The van der Waals surface area contributed by atoms with Gasteiger partial charge in [-0.25, -0.2) is 0 Å². The van der Waals surface area contributed by atoms with Gasteiger partial charge in [0, 0.05) is 37.4 Å². The molecule has 0 amide bonds. The van der Waals surface area contributed by atoms with E-state index < -0.39 is 0 Å². The van der Waals surface area contributed by atoms with E-state index in [1.54, 1.807) is 0 Å². The number of benzene rings is 1. The fraction of sp³-hybridized carbons (Fsp3) is 0.312. The third-order valence-corrected chi connectivity index (χ3v) is 3.67. The van der Waals surface area contributed by atoms with Crippen molar-refractivity contribution in [3.63, 3.8) is 0 Å². The minimum Gasteiger partial charge on any atom is -0.381 e. The van der Waals surface area contributed by atoms with Gasteiger partial charge in [-0.2, -0.15) is 0 Å². The van der Waals surface area contributed by atoms with Crippen LogP contribution in [0.1, 0.15) is 12.6 Å². The molecule has 19 heavy (non-hydrogen) atoms. The second-order valence-electron chi connectivity index (χ2n) is 5.01. The lowest BCUT2D eigenvalue weighted by Crippen LogP contribution is -2.43. The van der Waals surface area contributed by atoms with E-state index >= 15 is 0 Å². The molecule has 3 heteroatoms. The van der Waals surface area contributed by atoms with Gasteiger partial charge in [-0.05, 0) is 31.2 Å². The van der Waals surface area contributed by atoms with Crippen LogP contribution in [0, 0.1) is 0 Å². The number of anilines is 2. The Balaban J connectivity index is 1.77. The molecular formula is C16H19N3. The first-order chi connectivity index (χ1) is 9.34. The summed E-state index contributed by atoms with van der Waals surface area (Å²) in [4.78, 5) is 6.87. The first-order valence-corrected chi connectivity index (χ1v) is 6.84. The van der Waals surface area contributed by atoms with E-state index in [1.165, 1.54) is 11.4 Å². The summed E-state index contributed by atoms with van der Waals surface area (Å²) in [7, 11) is 0. The van der Waals surface area contributed by atoms with Gasteiger partial charge in [0.2, 0.25) is 0 Å². The number of para-hydroxylation sites is 2. The summed E-state index contributed by atoms with van der Waals surface area (Å²) in [6, 6.07) is 15.2. The quantitative estimate of drug-likeness (QED) is 0.911. The number of rotatable bonds is 3. The molecule has 0 spiro atoms. The van der Waals surface area contributed by atoms with Gasteiger partial charge in [0.15, 0.2) is 0 Å². The number of nitrogens with one attached hydrogen (secondary N) is 1. The molecule has 3 nitrogen and oxygen atoms in total. The Labute approximate surface area is 114 Å². The fourth-order valence-corrected chi connectivity index (χ4v) is 2.60. The van der Waals surface area contributed by atoms with Crippen LogP contribution >= 0.6 is 0 Å². The molecular weight excluding hydrogens is 234 g/mol. The largest absolute Gasteiger partial charge is 0.381 e. The number of hydrogen-bond acceptors (Lipinski definition) is 3. The zero-order chi connectivity index (χ0) is 13.1. The van der Waals surface area contributed by atoms with Crippen molar-refractivity contribution in [1.29, 1.82) is 0 Å². The number of hydrogen-bond donors (Lipinski definition) is 1. The Hall–Kier alpha value is -2.03. The second-order valence-corrected chi connectivity index (χ2v) is 5.01. The molecule has 1 aliphatic rings. The predicted molar refractivity (Wildman–Crippen MR) is 79.7 cm³/mol. The third kappa shape index (κ3) is 2.55. The molecule has 2 aromatic rings. The number of fused-ring (bicyclic) bond motifs is 1. The molecule has 0 bridgehead atoms. The van der Waals surface area contributed by atoms with Gasteiger partial charge >= 0.3 is 0 Å². The first-order valence-electron chi connectivity index (χ1n) is 6.84. The van der Waals surface area contributed by atoms with E-state index in [0.717, 1.165) is 25.2 Å². The van der Waals surface area contributed by atoms with Gasteiger partial charge in [0.1, 0.15) is 0 Å². The summed E-state index contributed by atoms with van der Waals surface area (Å²) in [6.45, 7) is 4.28. The zero-order valence-corrected chi connectivity index (χ0v) is 11.2. The van der Waals surface area contributed by atoms with Gasteiger partial charge < -0.3 is 10.2 Å². The van der Waals surface area contributed by atoms with Gasteiger partial charge in [0.25, 0.3) is 0 Å². The molecule has 1 aromatic carbocycles. The Kier molecular flexibility index (Phi) is 3.36. The topological polar surface area (TPSA) is 28.2 Å². The SMILES string of the molecule is CC1CNc2ccccc2N1CCc1ccccn1. The minimum atomic E-state index is 0.513. The highest BCUT2D eigenvalue weighted by Crippen LogP contribution is 2.30. The maximum atomic E-state index is 4.40. The second kappa shape index (κ2) is 5.31. The molecule has 1 unspecified atom stereocenters. The summed E-state index contributed by atoms with van der Waals surface area (Å²) in [6.07, 6.45) is 2.85. The molecule has 2 heterocycles. The fourth-order valence-electron chi connectivity index (χ4n) is 2.60. The summed E-state index contributed by atoms with van der Waals surface area (Å²) in [5.74, 6) is 0. The summed E-state index contributed by atoms with van der Waals surface area (Å²) >= 11 is 0. The number of aromatic nitrogens is 1. The van der Waals surface area contributed by atoms with E-state index in [-0.39, 0.29) is 0 Å². The first kappa shape index (κ1) is 12.0. The highest BCUT2D eigenvalue weighted by molar-refractivity contribution is 5.72. The number of pyridine rings is 1. The van der Waals surface area contributed by atoms with Crippen molar-refractivity contribution in [3.05, 3.63) is 54.4 Å².